The molecule has 2 heterocycles. The van der Waals surface area contributed by atoms with Gasteiger partial charge in [-0.1, -0.05) is 0 Å². The van der Waals surface area contributed by atoms with Crippen LogP contribution < -0.4 is 21.4 Å². The molecule has 23 heavy (non-hydrogen) atoms. The van der Waals surface area contributed by atoms with Crippen LogP contribution in [-0.4, -0.2) is 23.3 Å². The van der Waals surface area contributed by atoms with Gasteiger partial charge in [-0.15, -0.1) is 0 Å². The molecule has 0 fully saturated rings. The van der Waals surface area contributed by atoms with Gasteiger partial charge in [0.1, 0.15) is 23.4 Å². The van der Waals surface area contributed by atoms with Crippen molar-refractivity contribution in [3.8, 4) is 5.75 Å². The van der Waals surface area contributed by atoms with Crippen LogP contribution in [0.4, 0.5) is 5.82 Å². The van der Waals surface area contributed by atoms with Crippen molar-refractivity contribution in [1.29, 1.82) is 0 Å². The Morgan fingerprint density at radius 3 is 2.74 bits per heavy atom. The summed E-state index contributed by atoms with van der Waals surface area (Å²) < 4.78 is 10.5. The molecule has 0 aliphatic heterocycles. The summed E-state index contributed by atoms with van der Waals surface area (Å²) in [5.74, 6) is 0.557. The number of H-pyrrole nitrogens is 2. The number of benzene rings is 1. The Balaban J connectivity index is 2.07. The fraction of sp³-hybridized carbons (Fsp3) is 0.0667. The first kappa shape index (κ1) is 14.5. The zero-order valence-electron chi connectivity index (χ0n) is 12.0. The lowest BCUT2D eigenvalue weighted by Gasteiger charge is -2.02. The summed E-state index contributed by atoms with van der Waals surface area (Å²) in [6, 6.07) is 5.97. The summed E-state index contributed by atoms with van der Waals surface area (Å²) in [5, 5.41) is 0.340. The maximum Gasteiger partial charge on any atom is 0.327 e. The molecule has 0 saturated carbocycles. The molecule has 1 aromatic carbocycles. The number of rotatable bonds is 3. The van der Waals surface area contributed by atoms with Crippen LogP contribution in [0.5, 0.6) is 5.75 Å². The van der Waals surface area contributed by atoms with Crippen molar-refractivity contribution < 1.29 is 9.15 Å². The molecule has 0 aliphatic rings. The number of aliphatic imine (C=N–C) groups is 1. The SMILES string of the molecule is COc1ccc2occ(C=Nc3cc(=O)[nH]c(=O)[nH]3)c(=O)c2c1. The monoisotopic (exact) mass is 313 g/mol. The highest BCUT2D eigenvalue weighted by Gasteiger charge is 2.07. The molecule has 8 nitrogen and oxygen atoms in total. The van der Waals surface area contributed by atoms with Crippen molar-refractivity contribution in [2.45, 2.75) is 0 Å². The van der Waals surface area contributed by atoms with Gasteiger partial charge in [-0.25, -0.2) is 9.79 Å². The lowest BCUT2D eigenvalue weighted by atomic mass is 10.2. The van der Waals surface area contributed by atoms with Gasteiger partial charge in [0.25, 0.3) is 5.56 Å². The number of ether oxygens (including phenoxy) is 1. The van der Waals surface area contributed by atoms with Gasteiger partial charge in [-0.05, 0) is 18.2 Å². The average molecular weight is 313 g/mol. The second-order valence-corrected chi connectivity index (χ2v) is 4.61. The third-order valence-electron chi connectivity index (χ3n) is 3.10. The maximum absolute atomic E-state index is 12.4. The van der Waals surface area contributed by atoms with Gasteiger partial charge < -0.3 is 9.15 Å². The molecule has 0 unspecified atom stereocenters. The number of aromatic nitrogens is 2. The summed E-state index contributed by atoms with van der Waals surface area (Å²) in [6.45, 7) is 0. The van der Waals surface area contributed by atoms with E-state index < -0.39 is 11.2 Å². The normalized spacial score (nSPS) is 11.2. The number of aromatic amines is 2. The third kappa shape index (κ3) is 2.95. The number of methoxy groups -OCH3 is 1. The molecule has 8 heteroatoms. The summed E-state index contributed by atoms with van der Waals surface area (Å²) in [5.41, 5.74) is -0.985. The Morgan fingerprint density at radius 1 is 1.17 bits per heavy atom. The Kier molecular flexibility index (Phi) is 3.63. The zero-order chi connectivity index (χ0) is 16.4. The van der Waals surface area contributed by atoms with E-state index in [-0.39, 0.29) is 16.8 Å². The first-order valence-corrected chi connectivity index (χ1v) is 6.54. The largest absolute Gasteiger partial charge is 0.497 e. The van der Waals surface area contributed by atoms with E-state index in [2.05, 4.69) is 9.98 Å². The molecule has 0 amide bonds. The predicted molar refractivity (Wildman–Crippen MR) is 84.0 cm³/mol. The van der Waals surface area contributed by atoms with Gasteiger partial charge in [0.2, 0.25) is 5.43 Å². The smallest absolute Gasteiger partial charge is 0.327 e. The zero-order valence-corrected chi connectivity index (χ0v) is 12.0. The van der Waals surface area contributed by atoms with Gasteiger partial charge in [0.15, 0.2) is 0 Å². The van der Waals surface area contributed by atoms with Crippen LogP contribution in [0.3, 0.4) is 0 Å². The fourth-order valence-corrected chi connectivity index (χ4v) is 2.01. The fourth-order valence-electron chi connectivity index (χ4n) is 2.01. The number of hydrogen-bond acceptors (Lipinski definition) is 6. The molecule has 2 N–H and O–H groups in total. The molecule has 0 aliphatic carbocycles. The van der Waals surface area contributed by atoms with E-state index in [4.69, 9.17) is 9.15 Å². The predicted octanol–water partition coefficient (Wildman–Crippen LogP) is 0.929. The summed E-state index contributed by atoms with van der Waals surface area (Å²) in [6.07, 6.45) is 2.47. The highest BCUT2D eigenvalue weighted by Crippen LogP contribution is 2.18. The Morgan fingerprint density at radius 2 is 2.00 bits per heavy atom. The van der Waals surface area contributed by atoms with E-state index in [1.807, 2.05) is 4.98 Å². The number of fused-ring (bicyclic) bond motifs is 1. The van der Waals surface area contributed by atoms with E-state index in [9.17, 15) is 14.4 Å². The van der Waals surface area contributed by atoms with Crippen molar-refractivity contribution in [2.75, 3.05) is 7.11 Å². The lowest BCUT2D eigenvalue weighted by molar-refractivity contribution is 0.415. The van der Waals surface area contributed by atoms with Gasteiger partial charge in [0.05, 0.1) is 18.1 Å². The van der Waals surface area contributed by atoms with Crippen molar-refractivity contribution in [1.82, 2.24) is 9.97 Å². The molecule has 3 rings (SSSR count). The van der Waals surface area contributed by atoms with Crippen LogP contribution in [0.25, 0.3) is 11.0 Å². The molecular formula is C15H11N3O5. The standard InChI is InChI=1S/C15H11N3O5/c1-22-9-2-3-11-10(4-9)14(20)8(7-23-11)6-16-12-5-13(19)18-15(21)17-12/h2-7H,1H3,(H2,17,18,19,21). The van der Waals surface area contributed by atoms with Gasteiger partial charge in [-0.2, -0.15) is 0 Å². The van der Waals surface area contributed by atoms with Crippen LogP contribution in [-0.2, 0) is 0 Å². The summed E-state index contributed by atoms with van der Waals surface area (Å²) >= 11 is 0. The van der Waals surface area contributed by atoms with Crippen LogP contribution in [0.2, 0.25) is 0 Å². The molecule has 0 saturated heterocycles. The minimum Gasteiger partial charge on any atom is -0.497 e. The number of nitrogens with zero attached hydrogens (tertiary/aromatic N) is 1. The third-order valence-corrected chi connectivity index (χ3v) is 3.10. The number of nitrogens with one attached hydrogen (secondary N) is 2. The number of hydrogen-bond donors (Lipinski definition) is 2. The molecule has 2 aromatic heterocycles. The molecule has 0 spiro atoms. The highest BCUT2D eigenvalue weighted by molar-refractivity contribution is 5.87. The second-order valence-electron chi connectivity index (χ2n) is 4.61. The van der Waals surface area contributed by atoms with Crippen LogP contribution in [0.15, 0.2) is 54.3 Å². The van der Waals surface area contributed by atoms with E-state index in [1.165, 1.54) is 19.6 Å². The minimum atomic E-state index is -0.681. The van der Waals surface area contributed by atoms with Crippen LogP contribution in [0, 0.1) is 0 Å². The molecule has 0 bridgehead atoms. The van der Waals surface area contributed by atoms with Gasteiger partial charge >= 0.3 is 5.69 Å². The highest BCUT2D eigenvalue weighted by atomic mass is 16.5. The van der Waals surface area contributed by atoms with E-state index >= 15 is 0 Å². The molecule has 0 atom stereocenters. The topological polar surface area (TPSA) is 118 Å². The van der Waals surface area contributed by atoms with Crippen molar-refractivity contribution in [3.05, 3.63) is 67.2 Å². The lowest BCUT2D eigenvalue weighted by Crippen LogP contribution is -2.20. The Labute approximate surface area is 128 Å². The first-order chi connectivity index (χ1) is 11.1. The Bertz CT molecular complexity index is 1050. The van der Waals surface area contributed by atoms with Gasteiger partial charge in [0, 0.05) is 12.3 Å². The maximum atomic E-state index is 12.4. The second kappa shape index (κ2) is 5.76. The molecule has 0 radical (unpaired) electrons. The Hall–Kier alpha value is -3.42. The summed E-state index contributed by atoms with van der Waals surface area (Å²) in [4.78, 5) is 43.0. The average Bonchev–Trinajstić information content (AvgIpc) is 2.53. The van der Waals surface area contributed by atoms with Crippen molar-refractivity contribution in [3.63, 3.8) is 0 Å². The van der Waals surface area contributed by atoms with Crippen molar-refractivity contribution >= 4 is 23.0 Å². The molecule has 3 aromatic rings. The van der Waals surface area contributed by atoms with Crippen LogP contribution >= 0.6 is 0 Å². The quantitative estimate of drug-likeness (QED) is 0.697. The minimum absolute atomic E-state index is 0.0314. The molecular weight excluding hydrogens is 302 g/mol. The molecule has 116 valence electrons. The van der Waals surface area contributed by atoms with E-state index in [0.717, 1.165) is 6.07 Å². The first-order valence-electron chi connectivity index (χ1n) is 6.54. The van der Waals surface area contributed by atoms with Crippen LogP contribution in [0.1, 0.15) is 5.56 Å². The van der Waals surface area contributed by atoms with E-state index in [0.29, 0.717) is 16.7 Å². The van der Waals surface area contributed by atoms with Crippen molar-refractivity contribution in [2.24, 2.45) is 4.99 Å². The van der Waals surface area contributed by atoms with E-state index in [1.54, 1.807) is 18.2 Å². The van der Waals surface area contributed by atoms with Gasteiger partial charge in [-0.3, -0.25) is 19.6 Å². The summed E-state index contributed by atoms with van der Waals surface area (Å²) in [7, 11) is 1.50.